The third-order valence-corrected chi connectivity index (χ3v) is 19.6. The summed E-state index contributed by atoms with van der Waals surface area (Å²) in [4.78, 5) is 10.4. The van der Waals surface area contributed by atoms with Gasteiger partial charge in [0.15, 0.2) is 0 Å². The molecule has 15 aromatic carbocycles. The van der Waals surface area contributed by atoms with Crippen LogP contribution in [-0.4, -0.2) is 14.1 Å². The number of rotatable bonds is 11. The Morgan fingerprint density at radius 3 is 0.895 bits per heavy atom. The molecule has 0 saturated heterocycles. The highest BCUT2D eigenvalue weighted by Gasteiger charge is 2.25. The molecular weight excluding hydrogens is 1150 g/mol. The van der Waals surface area contributed by atoms with Crippen molar-refractivity contribution in [1.29, 1.82) is 0 Å². The summed E-state index contributed by atoms with van der Waals surface area (Å²) in [5.41, 5.74) is 22.9. The lowest BCUT2D eigenvalue weighted by atomic mass is 9.89. The Kier molecular flexibility index (Phi) is 13.2. The van der Waals surface area contributed by atoms with Crippen molar-refractivity contribution in [2.24, 2.45) is 0 Å². The zero-order valence-corrected chi connectivity index (χ0v) is 52.9. The molecule has 3 heterocycles. The molecule has 3 aromatic heterocycles. The van der Waals surface area contributed by atoms with E-state index in [1.807, 2.05) is 0 Å². The third-order valence-electron chi connectivity index (χ3n) is 19.6. The van der Waals surface area contributed by atoms with Gasteiger partial charge in [-0.15, -0.1) is 0 Å². The SMILES string of the molecule is Cc1nc(C)c(-c2cc(N(c3ccc4ccccc4c3)c3ccc4ccccc4c3)cc(N(c3ccc4ccccc4c3)c3ccc4ccccc4c3)c2)c(C)c1-c1ccc(-c2cc(-n3c4ccccc4c4ccccc43)cc(-n3c4ccccc4c4ccccc43)c2)cc1. The maximum absolute atomic E-state index is 5.53. The number of hydrogen-bond acceptors (Lipinski definition) is 3. The Morgan fingerprint density at radius 2 is 0.537 bits per heavy atom. The van der Waals surface area contributed by atoms with Crippen LogP contribution >= 0.6 is 0 Å². The minimum Gasteiger partial charge on any atom is -0.310 e. The maximum Gasteiger partial charge on any atom is 0.0541 e. The van der Waals surface area contributed by atoms with Gasteiger partial charge in [-0.1, -0.05) is 218 Å². The minimum absolute atomic E-state index is 0.967. The average molecular weight is 1210 g/mol. The zero-order chi connectivity index (χ0) is 63.3. The van der Waals surface area contributed by atoms with Crippen LogP contribution in [0.4, 0.5) is 34.1 Å². The Bertz CT molecular complexity index is 5530. The monoisotopic (exact) mass is 1210 g/mol. The summed E-state index contributed by atoms with van der Waals surface area (Å²) in [5, 5.41) is 14.4. The van der Waals surface area contributed by atoms with Gasteiger partial charge in [-0.3, -0.25) is 4.98 Å². The highest BCUT2D eigenvalue weighted by molar-refractivity contribution is 6.11. The van der Waals surface area contributed by atoms with Crippen molar-refractivity contribution in [3.05, 3.63) is 345 Å². The van der Waals surface area contributed by atoms with E-state index in [1.165, 1.54) is 92.3 Å². The van der Waals surface area contributed by atoms with E-state index in [1.54, 1.807) is 0 Å². The summed E-state index contributed by atoms with van der Waals surface area (Å²) < 4.78 is 4.89. The van der Waals surface area contributed by atoms with Crippen molar-refractivity contribution in [1.82, 2.24) is 14.1 Å². The number of nitrogens with zero attached hydrogens (tertiary/aromatic N) is 5. The number of anilines is 6. The van der Waals surface area contributed by atoms with Crippen LogP contribution in [-0.2, 0) is 0 Å². The number of benzene rings is 15. The molecule has 0 atom stereocenters. The molecule has 95 heavy (non-hydrogen) atoms. The first-order chi connectivity index (χ1) is 46.8. The lowest BCUT2D eigenvalue weighted by Crippen LogP contribution is -2.14. The molecular formula is C90H63N5. The molecule has 0 aliphatic carbocycles. The first kappa shape index (κ1) is 55.5. The topological polar surface area (TPSA) is 29.2 Å². The first-order valence-electron chi connectivity index (χ1n) is 32.7. The summed E-state index contributed by atoms with van der Waals surface area (Å²) in [6, 6.07) is 121. The average Bonchev–Trinajstić information content (AvgIpc) is 1.14. The highest BCUT2D eigenvalue weighted by atomic mass is 15.2. The Labute approximate surface area is 551 Å². The van der Waals surface area contributed by atoms with E-state index < -0.39 is 0 Å². The van der Waals surface area contributed by atoms with Crippen LogP contribution in [0.1, 0.15) is 17.0 Å². The molecule has 18 rings (SSSR count). The van der Waals surface area contributed by atoms with Crippen LogP contribution in [0, 0.1) is 20.8 Å². The lowest BCUT2D eigenvalue weighted by molar-refractivity contribution is 1.11. The smallest absolute Gasteiger partial charge is 0.0541 e. The molecule has 0 unspecified atom stereocenters. The van der Waals surface area contributed by atoms with Crippen molar-refractivity contribution in [3.8, 4) is 44.8 Å². The molecule has 0 amide bonds. The number of para-hydroxylation sites is 4. The van der Waals surface area contributed by atoms with Crippen molar-refractivity contribution in [3.63, 3.8) is 0 Å². The molecule has 5 heteroatoms. The minimum atomic E-state index is 0.967. The van der Waals surface area contributed by atoms with Gasteiger partial charge >= 0.3 is 0 Å². The number of pyridine rings is 1. The van der Waals surface area contributed by atoms with Crippen LogP contribution in [0.2, 0.25) is 0 Å². The standard InChI is InChI=1S/C90H63N5/c1-58-89(66-38-36-65(37-39-66)71-52-79(94-85-32-16-12-28-81(85)82-29-13-17-33-86(82)94)57-80(53-71)95-87-34-18-14-30-83(87)84-31-15-19-35-88(84)95)59(2)91-60(3)90(58)72-54-77(92(73-44-40-61-20-4-8-24-67(61)48-73)74-45-41-62-21-5-9-25-68(62)49-74)56-78(55-72)93(75-46-42-63-22-6-10-26-69(63)50-75)76-47-43-64-23-7-11-27-70(64)51-76/h4-57H,1-3H3. The molecule has 0 bridgehead atoms. The fraction of sp³-hybridized carbons (Fsp3) is 0.0333. The molecule has 0 aliphatic rings. The predicted octanol–water partition coefficient (Wildman–Crippen LogP) is 24.8. The number of aromatic nitrogens is 3. The number of aryl methyl sites for hydroxylation is 2. The largest absolute Gasteiger partial charge is 0.310 e. The zero-order valence-electron chi connectivity index (χ0n) is 52.9. The van der Waals surface area contributed by atoms with Crippen LogP contribution in [0.15, 0.2) is 328 Å². The van der Waals surface area contributed by atoms with E-state index in [0.717, 1.165) is 90.3 Å². The quantitative estimate of drug-likeness (QED) is 0.129. The Hall–Kier alpha value is -12.3. The molecule has 0 spiro atoms. The highest BCUT2D eigenvalue weighted by Crippen LogP contribution is 2.48. The second kappa shape index (κ2) is 22.5. The van der Waals surface area contributed by atoms with Crippen LogP contribution < -0.4 is 9.80 Å². The van der Waals surface area contributed by atoms with E-state index >= 15 is 0 Å². The van der Waals surface area contributed by atoms with E-state index in [9.17, 15) is 0 Å². The number of hydrogen-bond donors (Lipinski definition) is 0. The predicted molar refractivity (Wildman–Crippen MR) is 403 cm³/mol. The van der Waals surface area contributed by atoms with E-state index in [4.69, 9.17) is 4.98 Å². The normalized spacial score (nSPS) is 11.7. The fourth-order valence-corrected chi connectivity index (χ4v) is 15.3. The van der Waals surface area contributed by atoms with Gasteiger partial charge in [-0.05, 0) is 201 Å². The van der Waals surface area contributed by atoms with E-state index in [0.29, 0.717) is 0 Å². The molecule has 18 aromatic rings. The van der Waals surface area contributed by atoms with Gasteiger partial charge in [-0.2, -0.15) is 0 Å². The van der Waals surface area contributed by atoms with Gasteiger partial charge in [0.25, 0.3) is 0 Å². The molecule has 0 saturated carbocycles. The first-order valence-corrected chi connectivity index (χ1v) is 32.7. The number of fused-ring (bicyclic) bond motifs is 10. The van der Waals surface area contributed by atoms with Crippen molar-refractivity contribution < 1.29 is 0 Å². The summed E-state index contributed by atoms with van der Waals surface area (Å²) in [5.74, 6) is 0. The van der Waals surface area contributed by atoms with Gasteiger partial charge in [-0.25, -0.2) is 0 Å². The molecule has 5 nitrogen and oxygen atoms in total. The lowest BCUT2D eigenvalue weighted by Gasteiger charge is -2.31. The summed E-state index contributed by atoms with van der Waals surface area (Å²) in [7, 11) is 0. The summed E-state index contributed by atoms with van der Waals surface area (Å²) >= 11 is 0. The second-order valence-electron chi connectivity index (χ2n) is 25.2. The van der Waals surface area contributed by atoms with Crippen molar-refractivity contribution in [2.45, 2.75) is 20.8 Å². The Balaban J connectivity index is 0.836. The third kappa shape index (κ3) is 9.50. The summed E-state index contributed by atoms with van der Waals surface area (Å²) in [6.07, 6.45) is 0. The molecule has 0 aliphatic heterocycles. The summed E-state index contributed by atoms with van der Waals surface area (Å²) in [6.45, 7) is 6.65. The van der Waals surface area contributed by atoms with Gasteiger partial charge in [0.1, 0.15) is 0 Å². The van der Waals surface area contributed by atoms with Gasteiger partial charge < -0.3 is 18.9 Å². The van der Waals surface area contributed by atoms with E-state index in [2.05, 4.69) is 367 Å². The molecule has 0 N–H and O–H groups in total. The van der Waals surface area contributed by atoms with Gasteiger partial charge in [0.05, 0.1) is 22.1 Å². The van der Waals surface area contributed by atoms with Crippen molar-refractivity contribution >= 4 is 121 Å². The Morgan fingerprint density at radius 1 is 0.232 bits per heavy atom. The van der Waals surface area contributed by atoms with Gasteiger partial charge in [0, 0.05) is 89.6 Å². The fourth-order valence-electron chi connectivity index (χ4n) is 15.3. The van der Waals surface area contributed by atoms with Gasteiger partial charge in [0.2, 0.25) is 0 Å². The maximum atomic E-state index is 5.53. The molecule has 448 valence electrons. The van der Waals surface area contributed by atoms with Crippen LogP contribution in [0.3, 0.4) is 0 Å². The molecule has 0 fully saturated rings. The van der Waals surface area contributed by atoms with Crippen LogP contribution in [0.5, 0.6) is 0 Å². The van der Waals surface area contributed by atoms with E-state index in [-0.39, 0.29) is 0 Å². The van der Waals surface area contributed by atoms with Crippen LogP contribution in [0.25, 0.3) is 131 Å². The second-order valence-corrected chi connectivity index (χ2v) is 25.2. The molecule has 0 radical (unpaired) electrons. The van der Waals surface area contributed by atoms with Crippen molar-refractivity contribution in [2.75, 3.05) is 9.80 Å².